The Bertz CT molecular complexity index is 799. The van der Waals surface area contributed by atoms with Crippen molar-refractivity contribution in [2.24, 2.45) is 11.8 Å². The summed E-state index contributed by atoms with van der Waals surface area (Å²) in [7, 11) is -3.57. The van der Waals surface area contributed by atoms with Crippen molar-refractivity contribution < 1.29 is 13.2 Å². The third kappa shape index (κ3) is 5.26. The molecule has 0 bridgehead atoms. The normalized spacial score (nSPS) is 24.8. The molecule has 6 nitrogen and oxygen atoms in total. The minimum Gasteiger partial charge on any atom is -0.324 e. The lowest BCUT2D eigenvalue weighted by Gasteiger charge is -2.34. The van der Waals surface area contributed by atoms with Crippen molar-refractivity contribution in [2.75, 3.05) is 38.0 Å². The Balaban J connectivity index is 1.70. The van der Waals surface area contributed by atoms with E-state index in [4.69, 9.17) is 11.6 Å². The first kappa shape index (κ1) is 21.6. The molecule has 3 rings (SSSR count). The number of rotatable bonds is 5. The van der Waals surface area contributed by atoms with Gasteiger partial charge in [-0.3, -0.25) is 9.69 Å². The minimum absolute atomic E-state index is 0.171. The van der Waals surface area contributed by atoms with Crippen LogP contribution in [0.25, 0.3) is 0 Å². The van der Waals surface area contributed by atoms with Crippen LogP contribution in [-0.2, 0) is 14.8 Å². The summed E-state index contributed by atoms with van der Waals surface area (Å²) in [5.41, 5.74) is 0.350. The minimum atomic E-state index is -3.57. The molecule has 2 fully saturated rings. The zero-order valence-electron chi connectivity index (χ0n) is 16.7. The van der Waals surface area contributed by atoms with Crippen LogP contribution in [0.5, 0.6) is 0 Å². The third-order valence-electron chi connectivity index (χ3n) is 5.48. The van der Waals surface area contributed by atoms with Gasteiger partial charge in [0.2, 0.25) is 15.9 Å². The molecular formula is C20H30ClN3O3S. The van der Waals surface area contributed by atoms with Crippen molar-refractivity contribution in [1.82, 2.24) is 9.21 Å². The lowest BCUT2D eigenvalue weighted by Crippen LogP contribution is -2.42. The number of hydrogen-bond acceptors (Lipinski definition) is 4. The van der Waals surface area contributed by atoms with E-state index < -0.39 is 10.0 Å². The highest BCUT2D eigenvalue weighted by Crippen LogP contribution is 2.28. The molecule has 1 N–H and O–H groups in total. The van der Waals surface area contributed by atoms with Crippen molar-refractivity contribution in [3.8, 4) is 0 Å². The second-order valence-corrected chi connectivity index (χ2v) is 10.6. The molecule has 1 aromatic carbocycles. The SMILES string of the molecule is C[C@H]1C[C@H](C)CN(CC(=O)Nc2cc(S(=O)(=O)N3CCCCC3)ccc2Cl)C1. The number of hydrogen-bond donors (Lipinski definition) is 1. The molecule has 0 spiro atoms. The smallest absolute Gasteiger partial charge is 0.243 e. The summed E-state index contributed by atoms with van der Waals surface area (Å²) >= 11 is 6.23. The van der Waals surface area contributed by atoms with E-state index in [2.05, 4.69) is 24.1 Å². The maximum atomic E-state index is 12.9. The van der Waals surface area contributed by atoms with Gasteiger partial charge in [0.25, 0.3) is 0 Å². The molecule has 1 aromatic rings. The number of likely N-dealkylation sites (tertiary alicyclic amines) is 1. The molecular weight excluding hydrogens is 398 g/mol. The van der Waals surface area contributed by atoms with E-state index in [9.17, 15) is 13.2 Å². The van der Waals surface area contributed by atoms with Crippen molar-refractivity contribution in [2.45, 2.75) is 44.4 Å². The summed E-state index contributed by atoms with van der Waals surface area (Å²) < 4.78 is 27.3. The number of carbonyl (C=O) groups excluding carboxylic acids is 1. The van der Waals surface area contributed by atoms with Crippen LogP contribution in [0.15, 0.2) is 23.1 Å². The molecule has 0 aromatic heterocycles. The van der Waals surface area contributed by atoms with Crippen LogP contribution in [-0.4, -0.2) is 56.3 Å². The van der Waals surface area contributed by atoms with Gasteiger partial charge >= 0.3 is 0 Å². The van der Waals surface area contributed by atoms with E-state index in [0.717, 1.165) is 32.4 Å². The van der Waals surface area contributed by atoms with E-state index in [1.807, 2.05) is 0 Å². The highest BCUT2D eigenvalue weighted by molar-refractivity contribution is 7.89. The van der Waals surface area contributed by atoms with E-state index in [1.54, 1.807) is 6.07 Å². The number of sulfonamides is 1. The Morgan fingerprint density at radius 3 is 2.43 bits per heavy atom. The fourth-order valence-corrected chi connectivity index (χ4v) is 6.04. The number of amides is 1. The molecule has 156 valence electrons. The predicted octanol–water partition coefficient (Wildman–Crippen LogP) is 3.43. The fraction of sp³-hybridized carbons (Fsp3) is 0.650. The lowest BCUT2D eigenvalue weighted by atomic mass is 9.92. The maximum absolute atomic E-state index is 12.9. The topological polar surface area (TPSA) is 69.7 Å². The lowest BCUT2D eigenvalue weighted by molar-refractivity contribution is -0.117. The number of nitrogens with one attached hydrogen (secondary N) is 1. The predicted molar refractivity (Wildman–Crippen MR) is 112 cm³/mol. The summed E-state index contributed by atoms with van der Waals surface area (Å²) in [6.07, 6.45) is 3.99. The molecule has 2 aliphatic heterocycles. The Labute approximate surface area is 173 Å². The second-order valence-electron chi connectivity index (χ2n) is 8.29. The molecule has 0 unspecified atom stereocenters. The van der Waals surface area contributed by atoms with Gasteiger partial charge in [0, 0.05) is 26.2 Å². The van der Waals surface area contributed by atoms with Crippen LogP contribution in [0.3, 0.4) is 0 Å². The van der Waals surface area contributed by atoms with Gasteiger partial charge in [-0.15, -0.1) is 0 Å². The van der Waals surface area contributed by atoms with Gasteiger partial charge in [-0.2, -0.15) is 4.31 Å². The third-order valence-corrected chi connectivity index (χ3v) is 7.70. The second kappa shape index (κ2) is 9.11. The number of benzene rings is 1. The largest absolute Gasteiger partial charge is 0.324 e. The molecule has 0 aliphatic carbocycles. The van der Waals surface area contributed by atoms with E-state index in [1.165, 1.54) is 22.9 Å². The summed E-state index contributed by atoms with van der Waals surface area (Å²) in [6.45, 7) is 7.56. The Kier molecular flexibility index (Phi) is 7.02. The summed E-state index contributed by atoms with van der Waals surface area (Å²) in [6, 6.07) is 4.53. The van der Waals surface area contributed by atoms with E-state index in [0.29, 0.717) is 35.6 Å². The van der Waals surface area contributed by atoms with Gasteiger partial charge < -0.3 is 5.32 Å². The fourth-order valence-electron chi connectivity index (χ4n) is 4.33. The zero-order chi connectivity index (χ0) is 20.3. The Morgan fingerprint density at radius 2 is 1.79 bits per heavy atom. The summed E-state index contributed by atoms with van der Waals surface area (Å²) in [4.78, 5) is 14.9. The Morgan fingerprint density at radius 1 is 1.14 bits per heavy atom. The van der Waals surface area contributed by atoms with Crippen molar-refractivity contribution in [3.05, 3.63) is 23.2 Å². The summed E-state index contributed by atoms with van der Waals surface area (Å²) in [5.74, 6) is 0.965. The summed E-state index contributed by atoms with van der Waals surface area (Å²) in [5, 5.41) is 3.15. The van der Waals surface area contributed by atoms with Gasteiger partial charge in [0.15, 0.2) is 0 Å². The van der Waals surface area contributed by atoms with Crippen LogP contribution < -0.4 is 5.32 Å². The highest BCUT2D eigenvalue weighted by Gasteiger charge is 2.27. The van der Waals surface area contributed by atoms with Crippen LogP contribution in [0.4, 0.5) is 5.69 Å². The highest BCUT2D eigenvalue weighted by atomic mass is 35.5. The maximum Gasteiger partial charge on any atom is 0.243 e. The molecule has 28 heavy (non-hydrogen) atoms. The van der Waals surface area contributed by atoms with Crippen LogP contribution in [0.1, 0.15) is 39.5 Å². The molecule has 8 heteroatoms. The van der Waals surface area contributed by atoms with Gasteiger partial charge in [-0.05, 0) is 49.3 Å². The van der Waals surface area contributed by atoms with E-state index >= 15 is 0 Å². The van der Waals surface area contributed by atoms with Gasteiger partial charge in [-0.25, -0.2) is 8.42 Å². The van der Waals surface area contributed by atoms with Crippen molar-refractivity contribution >= 4 is 33.2 Å². The quantitative estimate of drug-likeness (QED) is 0.781. The molecule has 0 saturated carbocycles. The molecule has 1 amide bonds. The van der Waals surface area contributed by atoms with Gasteiger partial charge in [0.1, 0.15) is 0 Å². The zero-order valence-corrected chi connectivity index (χ0v) is 18.2. The van der Waals surface area contributed by atoms with Crippen LogP contribution in [0.2, 0.25) is 5.02 Å². The van der Waals surface area contributed by atoms with Crippen molar-refractivity contribution in [1.29, 1.82) is 0 Å². The number of anilines is 1. The molecule has 0 radical (unpaired) electrons. The average molecular weight is 428 g/mol. The van der Waals surface area contributed by atoms with Gasteiger partial charge in [0.05, 0.1) is 22.2 Å². The number of nitrogens with zero attached hydrogens (tertiary/aromatic N) is 2. The number of halogens is 1. The first-order chi connectivity index (χ1) is 13.3. The average Bonchev–Trinajstić information content (AvgIpc) is 2.63. The molecule has 2 heterocycles. The molecule has 2 atom stereocenters. The van der Waals surface area contributed by atoms with Gasteiger partial charge in [-0.1, -0.05) is 31.9 Å². The van der Waals surface area contributed by atoms with E-state index in [-0.39, 0.29) is 17.3 Å². The molecule has 2 aliphatic rings. The van der Waals surface area contributed by atoms with Crippen molar-refractivity contribution in [3.63, 3.8) is 0 Å². The van der Waals surface area contributed by atoms with Crippen LogP contribution >= 0.6 is 11.6 Å². The first-order valence-corrected chi connectivity index (χ1v) is 11.9. The molecule has 2 saturated heterocycles. The monoisotopic (exact) mass is 427 g/mol. The first-order valence-electron chi connectivity index (χ1n) is 10.1. The standard InChI is InChI=1S/C20H30ClN3O3S/c1-15-10-16(2)13-23(12-15)14-20(25)22-19-11-17(6-7-18(19)21)28(26,27)24-8-4-3-5-9-24/h6-7,11,15-16H,3-5,8-10,12-14H2,1-2H3,(H,22,25)/t15-,16-/m0/s1. The number of piperidine rings is 2. The number of carbonyl (C=O) groups is 1. The van der Waals surface area contributed by atoms with Crippen LogP contribution in [0, 0.1) is 11.8 Å². The Hall–Kier alpha value is -1.15.